The zero-order valence-corrected chi connectivity index (χ0v) is 10.5. The van der Waals surface area contributed by atoms with Gasteiger partial charge in [0.1, 0.15) is 5.15 Å². The molecule has 18 heavy (non-hydrogen) atoms. The number of nitrogens with zero attached hydrogens (tertiary/aromatic N) is 3. The zero-order valence-electron chi connectivity index (χ0n) is 9.79. The van der Waals surface area contributed by atoms with Gasteiger partial charge in [-0.2, -0.15) is 13.2 Å². The third kappa shape index (κ3) is 2.29. The summed E-state index contributed by atoms with van der Waals surface area (Å²) in [6, 6.07) is 1.80. The van der Waals surface area contributed by atoms with E-state index in [1.54, 1.807) is 0 Å². The van der Waals surface area contributed by atoms with E-state index < -0.39 is 11.7 Å². The average Bonchev–Trinajstić information content (AvgIpc) is 2.71. The molecule has 0 radical (unpaired) electrons. The van der Waals surface area contributed by atoms with Crippen molar-refractivity contribution in [2.75, 3.05) is 0 Å². The molecule has 0 saturated carbocycles. The van der Waals surface area contributed by atoms with Crippen molar-refractivity contribution in [1.29, 1.82) is 0 Å². The Morgan fingerprint density at radius 3 is 2.61 bits per heavy atom. The van der Waals surface area contributed by atoms with Crippen LogP contribution in [0.3, 0.4) is 0 Å². The second kappa shape index (κ2) is 4.42. The molecule has 2 aromatic heterocycles. The molecule has 0 bridgehead atoms. The standard InChI is InChI=1S/C11H11ClF3N3/c1-3-6(2)10-16-9-5-7(11(13,14)15)4-8(12)18(9)17-10/h4-6H,3H2,1-2H3. The van der Waals surface area contributed by atoms with Gasteiger partial charge in [-0.15, -0.1) is 5.10 Å². The number of alkyl halides is 3. The summed E-state index contributed by atoms with van der Waals surface area (Å²) in [4.78, 5) is 4.09. The van der Waals surface area contributed by atoms with Gasteiger partial charge in [0.25, 0.3) is 0 Å². The first-order valence-corrected chi connectivity index (χ1v) is 5.84. The van der Waals surface area contributed by atoms with Crippen LogP contribution in [0, 0.1) is 0 Å². The molecule has 0 aromatic carbocycles. The Balaban J connectivity index is 2.59. The number of hydrogen-bond acceptors (Lipinski definition) is 2. The first-order chi connectivity index (χ1) is 8.32. The molecule has 2 rings (SSSR count). The van der Waals surface area contributed by atoms with E-state index in [0.29, 0.717) is 5.82 Å². The lowest BCUT2D eigenvalue weighted by molar-refractivity contribution is -0.137. The summed E-state index contributed by atoms with van der Waals surface area (Å²) in [5.74, 6) is 0.578. The van der Waals surface area contributed by atoms with Crippen LogP contribution in [0.25, 0.3) is 5.65 Å². The Morgan fingerprint density at radius 2 is 2.06 bits per heavy atom. The first-order valence-electron chi connectivity index (χ1n) is 5.46. The van der Waals surface area contributed by atoms with Crippen LogP contribution in [-0.2, 0) is 6.18 Å². The fraction of sp³-hybridized carbons (Fsp3) is 0.455. The van der Waals surface area contributed by atoms with Gasteiger partial charge in [0.05, 0.1) is 5.56 Å². The monoisotopic (exact) mass is 277 g/mol. The van der Waals surface area contributed by atoms with E-state index in [1.165, 1.54) is 4.52 Å². The third-order valence-electron chi connectivity index (χ3n) is 2.79. The maximum atomic E-state index is 12.6. The van der Waals surface area contributed by atoms with Crippen LogP contribution in [0.15, 0.2) is 12.1 Å². The van der Waals surface area contributed by atoms with Crippen LogP contribution in [0.1, 0.15) is 37.6 Å². The van der Waals surface area contributed by atoms with Gasteiger partial charge in [-0.3, -0.25) is 0 Å². The van der Waals surface area contributed by atoms with E-state index in [9.17, 15) is 13.2 Å². The molecule has 1 atom stereocenters. The maximum Gasteiger partial charge on any atom is 0.416 e. The number of aromatic nitrogens is 3. The van der Waals surface area contributed by atoms with E-state index in [2.05, 4.69) is 10.1 Å². The highest BCUT2D eigenvalue weighted by atomic mass is 35.5. The molecule has 3 nitrogen and oxygen atoms in total. The minimum absolute atomic E-state index is 0.0790. The Morgan fingerprint density at radius 1 is 1.39 bits per heavy atom. The molecule has 0 aliphatic heterocycles. The van der Waals surface area contributed by atoms with Gasteiger partial charge in [-0.1, -0.05) is 25.4 Å². The summed E-state index contributed by atoms with van der Waals surface area (Å²) in [5, 5.41) is 4.02. The molecule has 2 aromatic rings. The van der Waals surface area contributed by atoms with Gasteiger partial charge in [-0.25, -0.2) is 9.50 Å². The summed E-state index contributed by atoms with van der Waals surface area (Å²) in [6.07, 6.45) is -3.63. The molecule has 2 heterocycles. The lowest BCUT2D eigenvalue weighted by Crippen LogP contribution is -2.06. The Hall–Kier alpha value is -1.30. The van der Waals surface area contributed by atoms with Crippen LogP contribution < -0.4 is 0 Å². The van der Waals surface area contributed by atoms with Crippen molar-refractivity contribution in [3.8, 4) is 0 Å². The summed E-state index contributed by atoms with van der Waals surface area (Å²) in [7, 11) is 0. The second-order valence-corrected chi connectivity index (χ2v) is 4.50. The molecule has 98 valence electrons. The summed E-state index contributed by atoms with van der Waals surface area (Å²) in [6.45, 7) is 3.87. The van der Waals surface area contributed by atoms with Crippen molar-refractivity contribution in [1.82, 2.24) is 14.6 Å². The minimum atomic E-state index is -4.44. The normalized spacial score (nSPS) is 14.1. The van der Waals surface area contributed by atoms with E-state index in [4.69, 9.17) is 11.6 Å². The second-order valence-electron chi connectivity index (χ2n) is 4.11. The maximum absolute atomic E-state index is 12.6. The first kappa shape index (κ1) is 13.1. The van der Waals surface area contributed by atoms with Crippen LogP contribution in [-0.4, -0.2) is 14.6 Å². The quantitative estimate of drug-likeness (QED) is 0.779. The van der Waals surface area contributed by atoms with Crippen LogP contribution >= 0.6 is 11.6 Å². The molecule has 0 aliphatic carbocycles. The largest absolute Gasteiger partial charge is 0.416 e. The third-order valence-corrected chi connectivity index (χ3v) is 3.06. The van der Waals surface area contributed by atoms with Gasteiger partial charge in [0.15, 0.2) is 11.5 Å². The molecule has 0 fully saturated rings. The lowest BCUT2D eigenvalue weighted by Gasteiger charge is -2.06. The highest BCUT2D eigenvalue weighted by Crippen LogP contribution is 2.32. The Labute approximate surface area is 107 Å². The summed E-state index contributed by atoms with van der Waals surface area (Å²) in [5.41, 5.74) is -0.701. The van der Waals surface area contributed by atoms with Crippen LogP contribution in [0.2, 0.25) is 5.15 Å². The smallest absolute Gasteiger partial charge is 0.212 e. The van der Waals surface area contributed by atoms with Gasteiger partial charge >= 0.3 is 6.18 Å². The van der Waals surface area contributed by atoms with Gasteiger partial charge in [0, 0.05) is 5.92 Å². The molecule has 7 heteroatoms. The van der Waals surface area contributed by atoms with Gasteiger partial charge in [0.2, 0.25) is 0 Å². The van der Waals surface area contributed by atoms with E-state index in [1.807, 2.05) is 13.8 Å². The number of hydrogen-bond donors (Lipinski definition) is 0. The van der Waals surface area contributed by atoms with Crippen LogP contribution in [0.4, 0.5) is 13.2 Å². The molecule has 0 N–H and O–H groups in total. The van der Waals surface area contributed by atoms with E-state index in [-0.39, 0.29) is 16.7 Å². The van der Waals surface area contributed by atoms with Gasteiger partial charge < -0.3 is 0 Å². The summed E-state index contributed by atoms with van der Waals surface area (Å²) >= 11 is 5.79. The SMILES string of the molecule is CCC(C)c1nc2cc(C(F)(F)F)cc(Cl)n2n1. The minimum Gasteiger partial charge on any atom is -0.212 e. The van der Waals surface area contributed by atoms with E-state index in [0.717, 1.165) is 18.6 Å². The van der Waals surface area contributed by atoms with Crippen molar-refractivity contribution in [3.63, 3.8) is 0 Å². The number of fused-ring (bicyclic) bond motifs is 1. The highest BCUT2D eigenvalue weighted by molar-refractivity contribution is 6.29. The fourth-order valence-corrected chi connectivity index (χ4v) is 1.76. The van der Waals surface area contributed by atoms with Crippen molar-refractivity contribution >= 4 is 17.2 Å². The topological polar surface area (TPSA) is 30.2 Å². The lowest BCUT2D eigenvalue weighted by atomic mass is 10.1. The van der Waals surface area contributed by atoms with E-state index >= 15 is 0 Å². The Kier molecular flexibility index (Phi) is 3.23. The predicted octanol–water partition coefficient (Wildman–Crippen LogP) is 3.92. The fourth-order valence-electron chi connectivity index (χ4n) is 1.52. The van der Waals surface area contributed by atoms with Gasteiger partial charge in [-0.05, 0) is 18.6 Å². The van der Waals surface area contributed by atoms with Crippen molar-refractivity contribution in [2.24, 2.45) is 0 Å². The Bertz CT molecular complexity index is 577. The molecule has 0 saturated heterocycles. The molecular weight excluding hydrogens is 267 g/mol. The molecule has 0 aliphatic rings. The average molecular weight is 278 g/mol. The molecule has 0 amide bonds. The number of rotatable bonds is 2. The number of halogens is 4. The van der Waals surface area contributed by atoms with Crippen molar-refractivity contribution < 1.29 is 13.2 Å². The molecule has 1 unspecified atom stereocenters. The molecular formula is C11H11ClF3N3. The van der Waals surface area contributed by atoms with Crippen LogP contribution in [0.5, 0.6) is 0 Å². The predicted molar refractivity (Wildman–Crippen MR) is 61.7 cm³/mol. The molecule has 0 spiro atoms. The van der Waals surface area contributed by atoms with Crippen molar-refractivity contribution in [2.45, 2.75) is 32.4 Å². The highest BCUT2D eigenvalue weighted by Gasteiger charge is 2.32. The summed E-state index contributed by atoms with van der Waals surface area (Å²) < 4.78 is 39.1. The van der Waals surface area contributed by atoms with Crippen molar-refractivity contribution in [3.05, 3.63) is 28.7 Å². The number of pyridine rings is 1. The zero-order chi connectivity index (χ0) is 13.5.